The minimum atomic E-state index is -4.43. The first-order valence-corrected chi connectivity index (χ1v) is 7.38. The predicted molar refractivity (Wildman–Crippen MR) is 77.5 cm³/mol. The van der Waals surface area contributed by atoms with Gasteiger partial charge in [0.25, 0.3) is 0 Å². The van der Waals surface area contributed by atoms with E-state index in [1.807, 2.05) is 0 Å². The highest BCUT2D eigenvalue weighted by Gasteiger charge is 2.32. The second-order valence-corrected chi connectivity index (χ2v) is 5.90. The van der Waals surface area contributed by atoms with Gasteiger partial charge in [-0.15, -0.1) is 11.3 Å². The highest BCUT2D eigenvalue weighted by molar-refractivity contribution is 7.10. The molecule has 2 atom stereocenters. The van der Waals surface area contributed by atoms with Gasteiger partial charge in [0.15, 0.2) is 0 Å². The molecule has 0 aliphatic carbocycles. The van der Waals surface area contributed by atoms with Gasteiger partial charge in [-0.25, -0.2) is 0 Å². The van der Waals surface area contributed by atoms with Gasteiger partial charge in [0.1, 0.15) is 0 Å². The van der Waals surface area contributed by atoms with Crippen LogP contribution in [-0.2, 0) is 6.18 Å². The molecule has 0 bridgehead atoms. The minimum Gasteiger partial charge on any atom is -0.387 e. The first kappa shape index (κ1) is 16.3. The van der Waals surface area contributed by atoms with Gasteiger partial charge < -0.3 is 10.8 Å². The number of benzene rings is 1. The molecule has 3 N–H and O–H groups in total. The van der Waals surface area contributed by atoms with Crippen LogP contribution in [0.25, 0.3) is 0 Å². The molecule has 114 valence electrons. The standard InChI is InChI=1S/C14H13ClF3NOS/c15-11-4-5-21-13(11)12(20)10(7-19)8-2-1-3-9(6-8)14(16,17)18/h1-6,10,12,20H,7,19H2. The van der Waals surface area contributed by atoms with E-state index in [2.05, 4.69) is 0 Å². The Labute approximate surface area is 129 Å². The number of hydrogen-bond donors (Lipinski definition) is 2. The molecule has 2 unspecified atom stereocenters. The fourth-order valence-electron chi connectivity index (χ4n) is 2.09. The van der Waals surface area contributed by atoms with Gasteiger partial charge >= 0.3 is 6.18 Å². The van der Waals surface area contributed by atoms with E-state index in [-0.39, 0.29) is 6.54 Å². The Morgan fingerprint density at radius 3 is 2.52 bits per heavy atom. The first-order valence-electron chi connectivity index (χ1n) is 6.12. The van der Waals surface area contributed by atoms with Crippen molar-refractivity contribution in [2.75, 3.05) is 6.54 Å². The average molecular weight is 336 g/mol. The summed E-state index contributed by atoms with van der Waals surface area (Å²) in [5.41, 5.74) is 5.22. The van der Waals surface area contributed by atoms with Crippen LogP contribution in [0.5, 0.6) is 0 Å². The Hall–Kier alpha value is -1.08. The largest absolute Gasteiger partial charge is 0.416 e. The SMILES string of the molecule is NCC(c1cccc(C(F)(F)F)c1)C(O)c1sccc1Cl. The van der Waals surface area contributed by atoms with Crippen LogP contribution in [0.3, 0.4) is 0 Å². The number of halogens is 4. The molecule has 1 aromatic heterocycles. The second-order valence-electron chi connectivity index (χ2n) is 4.54. The molecule has 0 aliphatic heterocycles. The molecule has 0 fully saturated rings. The Morgan fingerprint density at radius 2 is 2.00 bits per heavy atom. The van der Waals surface area contributed by atoms with Crippen LogP contribution < -0.4 is 5.73 Å². The Morgan fingerprint density at radius 1 is 1.29 bits per heavy atom. The van der Waals surface area contributed by atoms with E-state index in [1.54, 1.807) is 11.4 Å². The van der Waals surface area contributed by atoms with Crippen molar-refractivity contribution in [3.63, 3.8) is 0 Å². The molecule has 1 aromatic carbocycles. The van der Waals surface area contributed by atoms with E-state index in [0.29, 0.717) is 15.5 Å². The number of rotatable bonds is 4. The molecule has 1 heterocycles. The fraction of sp³-hybridized carbons (Fsp3) is 0.286. The summed E-state index contributed by atoms with van der Waals surface area (Å²) in [6.45, 7) is 0.0106. The lowest BCUT2D eigenvalue weighted by Crippen LogP contribution is -2.20. The van der Waals surface area contributed by atoms with Crippen molar-refractivity contribution < 1.29 is 18.3 Å². The quantitative estimate of drug-likeness (QED) is 0.879. The summed E-state index contributed by atoms with van der Waals surface area (Å²) >= 11 is 7.20. The maximum absolute atomic E-state index is 12.8. The zero-order valence-electron chi connectivity index (χ0n) is 10.8. The summed E-state index contributed by atoms with van der Waals surface area (Å²) in [5.74, 6) is -0.650. The lowest BCUT2D eigenvalue weighted by molar-refractivity contribution is -0.137. The molecule has 2 nitrogen and oxygen atoms in total. The molecule has 21 heavy (non-hydrogen) atoms. The Kier molecular flexibility index (Phi) is 4.93. The molecule has 0 radical (unpaired) electrons. The zero-order chi connectivity index (χ0) is 15.6. The van der Waals surface area contributed by atoms with Crippen molar-refractivity contribution in [1.29, 1.82) is 0 Å². The molecule has 0 saturated carbocycles. The van der Waals surface area contributed by atoms with Gasteiger partial charge in [-0.2, -0.15) is 13.2 Å². The molecule has 0 spiro atoms. The van der Waals surface area contributed by atoms with Gasteiger partial charge in [0.2, 0.25) is 0 Å². The van der Waals surface area contributed by atoms with E-state index in [1.165, 1.54) is 23.5 Å². The van der Waals surface area contributed by atoms with Crippen molar-refractivity contribution in [3.8, 4) is 0 Å². The minimum absolute atomic E-state index is 0.0106. The molecule has 2 aromatic rings. The Balaban J connectivity index is 2.36. The third kappa shape index (κ3) is 3.58. The topological polar surface area (TPSA) is 46.2 Å². The van der Waals surface area contributed by atoms with Crippen molar-refractivity contribution >= 4 is 22.9 Å². The molecular weight excluding hydrogens is 323 g/mol. The smallest absolute Gasteiger partial charge is 0.387 e. The zero-order valence-corrected chi connectivity index (χ0v) is 12.3. The summed E-state index contributed by atoms with van der Waals surface area (Å²) in [5, 5.41) is 12.5. The third-order valence-electron chi connectivity index (χ3n) is 3.19. The van der Waals surface area contributed by atoms with E-state index in [4.69, 9.17) is 17.3 Å². The van der Waals surface area contributed by atoms with Crippen LogP contribution >= 0.6 is 22.9 Å². The van der Waals surface area contributed by atoms with Crippen LogP contribution in [0, 0.1) is 0 Å². The summed E-state index contributed by atoms with van der Waals surface area (Å²) in [6.07, 6.45) is -5.47. The lowest BCUT2D eigenvalue weighted by Gasteiger charge is -2.22. The highest BCUT2D eigenvalue weighted by Crippen LogP contribution is 2.38. The summed E-state index contributed by atoms with van der Waals surface area (Å²) in [7, 11) is 0. The van der Waals surface area contributed by atoms with E-state index < -0.39 is 23.8 Å². The van der Waals surface area contributed by atoms with E-state index in [9.17, 15) is 18.3 Å². The Bertz CT molecular complexity index is 614. The summed E-state index contributed by atoms with van der Waals surface area (Å²) in [6, 6.07) is 6.47. The van der Waals surface area contributed by atoms with Crippen LogP contribution in [0.15, 0.2) is 35.7 Å². The number of aliphatic hydroxyl groups is 1. The summed E-state index contributed by atoms with van der Waals surface area (Å²) < 4.78 is 38.3. The third-order valence-corrected chi connectivity index (χ3v) is 4.62. The highest BCUT2D eigenvalue weighted by atomic mass is 35.5. The predicted octanol–water partition coefficient (Wildman–Crippen LogP) is 4.20. The van der Waals surface area contributed by atoms with Crippen LogP contribution in [0.2, 0.25) is 5.02 Å². The molecule has 2 rings (SSSR count). The van der Waals surface area contributed by atoms with Crippen molar-refractivity contribution in [2.45, 2.75) is 18.2 Å². The first-order chi connectivity index (χ1) is 9.84. The number of aliphatic hydroxyl groups excluding tert-OH is 1. The van der Waals surface area contributed by atoms with Crippen LogP contribution in [0.1, 0.15) is 28.0 Å². The van der Waals surface area contributed by atoms with Crippen molar-refractivity contribution in [1.82, 2.24) is 0 Å². The monoisotopic (exact) mass is 335 g/mol. The molecule has 0 aliphatic rings. The molecule has 7 heteroatoms. The maximum atomic E-state index is 12.8. The van der Waals surface area contributed by atoms with E-state index in [0.717, 1.165) is 12.1 Å². The van der Waals surface area contributed by atoms with Gasteiger partial charge in [-0.1, -0.05) is 29.8 Å². The molecule has 0 saturated heterocycles. The normalized spacial score (nSPS) is 15.0. The number of nitrogens with two attached hydrogens (primary N) is 1. The van der Waals surface area contributed by atoms with Gasteiger partial charge in [-0.05, 0) is 23.1 Å². The average Bonchev–Trinajstić information content (AvgIpc) is 2.85. The van der Waals surface area contributed by atoms with E-state index >= 15 is 0 Å². The van der Waals surface area contributed by atoms with Crippen molar-refractivity contribution in [2.24, 2.45) is 5.73 Å². The van der Waals surface area contributed by atoms with Gasteiger partial charge in [0, 0.05) is 12.5 Å². The number of thiophene rings is 1. The van der Waals surface area contributed by atoms with Crippen LogP contribution in [-0.4, -0.2) is 11.7 Å². The maximum Gasteiger partial charge on any atom is 0.416 e. The van der Waals surface area contributed by atoms with Crippen LogP contribution in [0.4, 0.5) is 13.2 Å². The van der Waals surface area contributed by atoms with Crippen molar-refractivity contribution in [3.05, 3.63) is 56.7 Å². The number of alkyl halides is 3. The van der Waals surface area contributed by atoms with Gasteiger partial charge in [-0.3, -0.25) is 0 Å². The lowest BCUT2D eigenvalue weighted by atomic mass is 9.91. The number of hydrogen-bond acceptors (Lipinski definition) is 3. The van der Waals surface area contributed by atoms with Gasteiger partial charge in [0.05, 0.1) is 21.6 Å². The summed E-state index contributed by atoms with van der Waals surface area (Å²) in [4.78, 5) is 0.504. The molecular formula is C14H13ClF3NOS. The molecule has 0 amide bonds. The second kappa shape index (κ2) is 6.36. The fourth-order valence-corrected chi connectivity index (χ4v) is 3.31.